The Morgan fingerprint density at radius 1 is 0.893 bits per heavy atom. The number of nitrogens with zero attached hydrogens (tertiary/aromatic N) is 2. The second-order valence-electron chi connectivity index (χ2n) is 6.67. The SMILES string of the molecule is FC(F)(F)c1ccc(OC2CC3C(C2)N3Oc2ncccc2C(F)(F)F)cc1. The summed E-state index contributed by atoms with van der Waals surface area (Å²) >= 11 is 0. The molecular weight excluding hydrogens is 390 g/mol. The van der Waals surface area contributed by atoms with Crippen molar-refractivity contribution in [3.63, 3.8) is 0 Å². The number of piperidine rings is 1. The van der Waals surface area contributed by atoms with E-state index in [0.29, 0.717) is 18.6 Å². The molecule has 0 amide bonds. The zero-order valence-electron chi connectivity index (χ0n) is 14.2. The van der Waals surface area contributed by atoms with Crippen LogP contribution in [-0.4, -0.2) is 28.2 Å². The Hall–Kier alpha value is -2.49. The highest BCUT2D eigenvalue weighted by Gasteiger charge is 2.58. The van der Waals surface area contributed by atoms with Gasteiger partial charge in [-0.2, -0.15) is 26.3 Å². The Labute approximate surface area is 155 Å². The van der Waals surface area contributed by atoms with E-state index in [1.165, 1.54) is 29.5 Å². The highest BCUT2D eigenvalue weighted by molar-refractivity contribution is 5.30. The average molecular weight is 404 g/mol. The molecule has 1 aromatic heterocycles. The van der Waals surface area contributed by atoms with E-state index in [1.807, 2.05) is 0 Å². The minimum atomic E-state index is -4.57. The lowest BCUT2D eigenvalue weighted by atomic mass is 10.2. The molecule has 10 heteroatoms. The normalized spacial score (nSPS) is 26.6. The van der Waals surface area contributed by atoms with E-state index in [2.05, 4.69) is 4.98 Å². The van der Waals surface area contributed by atoms with Crippen molar-refractivity contribution in [1.29, 1.82) is 0 Å². The van der Waals surface area contributed by atoms with Crippen LogP contribution >= 0.6 is 0 Å². The van der Waals surface area contributed by atoms with Crippen molar-refractivity contribution in [3.05, 3.63) is 53.7 Å². The summed E-state index contributed by atoms with van der Waals surface area (Å²) in [5.74, 6) is -0.180. The number of alkyl halides is 6. The van der Waals surface area contributed by atoms with Crippen molar-refractivity contribution in [2.45, 2.75) is 43.4 Å². The van der Waals surface area contributed by atoms with Crippen molar-refractivity contribution in [3.8, 4) is 11.6 Å². The summed E-state index contributed by atoms with van der Waals surface area (Å²) in [6, 6.07) is 6.27. The predicted molar refractivity (Wildman–Crippen MR) is 84.4 cm³/mol. The van der Waals surface area contributed by atoms with Gasteiger partial charge >= 0.3 is 12.4 Å². The first-order chi connectivity index (χ1) is 13.1. The van der Waals surface area contributed by atoms with E-state index >= 15 is 0 Å². The molecule has 4 rings (SSSR count). The van der Waals surface area contributed by atoms with Gasteiger partial charge < -0.3 is 9.57 Å². The van der Waals surface area contributed by atoms with Crippen LogP contribution in [0.1, 0.15) is 24.0 Å². The number of ether oxygens (including phenoxy) is 1. The first-order valence-corrected chi connectivity index (χ1v) is 8.45. The molecule has 0 spiro atoms. The van der Waals surface area contributed by atoms with Gasteiger partial charge in [0.1, 0.15) is 17.4 Å². The number of hydrogen-bond donors (Lipinski definition) is 0. The van der Waals surface area contributed by atoms with E-state index in [9.17, 15) is 26.3 Å². The zero-order chi connectivity index (χ0) is 20.1. The Bertz CT molecular complexity index is 840. The van der Waals surface area contributed by atoms with Gasteiger partial charge in [0, 0.05) is 19.0 Å². The fourth-order valence-corrected chi connectivity index (χ4v) is 3.39. The maximum absolute atomic E-state index is 13.0. The van der Waals surface area contributed by atoms with Crippen LogP contribution in [-0.2, 0) is 12.4 Å². The van der Waals surface area contributed by atoms with Crippen molar-refractivity contribution in [2.75, 3.05) is 0 Å². The van der Waals surface area contributed by atoms with Crippen LogP contribution in [0.4, 0.5) is 26.3 Å². The largest absolute Gasteiger partial charge is 0.490 e. The monoisotopic (exact) mass is 404 g/mol. The van der Waals surface area contributed by atoms with Crippen LogP contribution in [0.5, 0.6) is 11.6 Å². The molecule has 2 atom stereocenters. The van der Waals surface area contributed by atoms with Crippen LogP contribution in [0.3, 0.4) is 0 Å². The fourth-order valence-electron chi connectivity index (χ4n) is 3.39. The third-order valence-corrected chi connectivity index (χ3v) is 4.77. The molecule has 1 saturated heterocycles. The summed E-state index contributed by atoms with van der Waals surface area (Å²) in [6.07, 6.45) is -6.99. The van der Waals surface area contributed by atoms with Gasteiger partial charge in [-0.05, 0) is 36.4 Å². The van der Waals surface area contributed by atoms with E-state index < -0.39 is 29.4 Å². The standard InChI is InChI=1S/C18H14F6N2O2/c19-17(20,21)10-3-5-11(6-4-10)27-12-8-14-15(9-12)26(14)28-16-13(18(22,23)24)2-1-7-25-16/h1-7,12,14-15H,8-9H2. The Kier molecular flexibility index (Phi) is 4.40. The molecule has 0 bridgehead atoms. The molecule has 0 N–H and O–H groups in total. The number of benzene rings is 1. The predicted octanol–water partition coefficient (Wildman–Crippen LogP) is 4.71. The van der Waals surface area contributed by atoms with Gasteiger partial charge in [-0.1, -0.05) is 0 Å². The average Bonchev–Trinajstić information content (AvgIpc) is 3.06. The summed E-state index contributed by atoms with van der Waals surface area (Å²) in [5.41, 5.74) is -1.71. The molecule has 2 fully saturated rings. The lowest BCUT2D eigenvalue weighted by Gasteiger charge is -2.19. The van der Waals surface area contributed by atoms with E-state index in [4.69, 9.17) is 9.57 Å². The van der Waals surface area contributed by atoms with Gasteiger partial charge in [0.15, 0.2) is 0 Å². The number of rotatable bonds is 4. The van der Waals surface area contributed by atoms with Crippen LogP contribution in [0, 0.1) is 0 Å². The third-order valence-electron chi connectivity index (χ3n) is 4.77. The van der Waals surface area contributed by atoms with Crippen LogP contribution in [0.25, 0.3) is 0 Å². The van der Waals surface area contributed by atoms with Crippen molar-refractivity contribution in [1.82, 2.24) is 10.0 Å². The van der Waals surface area contributed by atoms with Gasteiger partial charge in [0.05, 0.1) is 17.6 Å². The fraction of sp³-hybridized carbons (Fsp3) is 0.389. The van der Waals surface area contributed by atoms with Crippen LogP contribution in [0.2, 0.25) is 0 Å². The smallest absolute Gasteiger partial charge is 0.421 e. The minimum Gasteiger partial charge on any atom is -0.490 e. The molecule has 1 saturated carbocycles. The summed E-state index contributed by atoms with van der Waals surface area (Å²) in [5, 5.41) is 1.45. The van der Waals surface area contributed by atoms with Crippen molar-refractivity contribution < 1.29 is 35.9 Å². The minimum absolute atomic E-state index is 0.109. The Morgan fingerprint density at radius 3 is 2.11 bits per heavy atom. The molecule has 1 aromatic carbocycles. The molecular formula is C18H14F6N2O2. The molecule has 2 aromatic rings. The zero-order valence-corrected chi connectivity index (χ0v) is 14.2. The van der Waals surface area contributed by atoms with Gasteiger partial charge in [0.2, 0.25) is 5.88 Å². The molecule has 2 heterocycles. The maximum atomic E-state index is 13.0. The lowest BCUT2D eigenvalue weighted by molar-refractivity contribution is -0.142. The van der Waals surface area contributed by atoms with E-state index in [0.717, 1.165) is 18.2 Å². The first kappa shape index (κ1) is 18.9. The molecule has 2 unspecified atom stereocenters. The molecule has 0 radical (unpaired) electrons. The van der Waals surface area contributed by atoms with Gasteiger partial charge in [-0.3, -0.25) is 0 Å². The second kappa shape index (κ2) is 6.54. The highest BCUT2D eigenvalue weighted by atomic mass is 19.4. The molecule has 150 valence electrons. The van der Waals surface area contributed by atoms with Gasteiger partial charge in [-0.25, -0.2) is 4.98 Å². The maximum Gasteiger partial charge on any atom is 0.421 e. The second-order valence-corrected chi connectivity index (χ2v) is 6.67. The lowest BCUT2D eigenvalue weighted by Crippen LogP contribution is -2.23. The van der Waals surface area contributed by atoms with E-state index in [-0.39, 0.29) is 18.2 Å². The van der Waals surface area contributed by atoms with Crippen molar-refractivity contribution >= 4 is 0 Å². The Balaban J connectivity index is 1.33. The number of aromatic nitrogens is 1. The third kappa shape index (κ3) is 3.73. The summed E-state index contributed by atoms with van der Waals surface area (Å²) in [7, 11) is 0. The van der Waals surface area contributed by atoms with Crippen LogP contribution < -0.4 is 9.57 Å². The number of fused-ring (bicyclic) bond motifs is 1. The Morgan fingerprint density at radius 2 is 1.54 bits per heavy atom. The molecule has 1 aliphatic heterocycles. The summed E-state index contributed by atoms with van der Waals surface area (Å²) < 4.78 is 82.3. The molecule has 1 aliphatic carbocycles. The van der Waals surface area contributed by atoms with E-state index in [1.54, 1.807) is 0 Å². The highest BCUT2D eigenvalue weighted by Crippen LogP contribution is 2.45. The topological polar surface area (TPSA) is 34.4 Å². The van der Waals surface area contributed by atoms with Gasteiger partial charge in [-0.15, -0.1) is 5.06 Å². The molecule has 4 nitrogen and oxygen atoms in total. The number of halogens is 6. The quantitative estimate of drug-likeness (QED) is 0.546. The summed E-state index contributed by atoms with van der Waals surface area (Å²) in [4.78, 5) is 8.98. The molecule has 2 aliphatic rings. The molecule has 28 heavy (non-hydrogen) atoms. The van der Waals surface area contributed by atoms with Gasteiger partial charge in [0.25, 0.3) is 0 Å². The summed E-state index contributed by atoms with van der Waals surface area (Å²) in [6.45, 7) is 0. The first-order valence-electron chi connectivity index (χ1n) is 8.45. The van der Waals surface area contributed by atoms with Crippen LogP contribution in [0.15, 0.2) is 42.6 Å². The number of hydrogen-bond acceptors (Lipinski definition) is 4. The number of hydroxylamine groups is 2. The number of pyridine rings is 1. The van der Waals surface area contributed by atoms with Crippen molar-refractivity contribution in [2.24, 2.45) is 0 Å².